The molecular formula is C32H31N3O5S. The van der Waals surface area contributed by atoms with E-state index in [9.17, 15) is 4.79 Å². The number of amides is 1. The molecule has 1 aliphatic rings. The van der Waals surface area contributed by atoms with Crippen LogP contribution in [0.15, 0.2) is 77.6 Å². The number of hydrogen-bond acceptors (Lipinski definition) is 8. The fourth-order valence-electron chi connectivity index (χ4n) is 4.87. The van der Waals surface area contributed by atoms with Crippen molar-refractivity contribution < 1.29 is 23.7 Å². The number of thiophene rings is 1. The van der Waals surface area contributed by atoms with Crippen molar-refractivity contribution in [3.63, 3.8) is 0 Å². The van der Waals surface area contributed by atoms with Crippen molar-refractivity contribution in [1.29, 1.82) is 0 Å². The van der Waals surface area contributed by atoms with E-state index in [2.05, 4.69) is 15.2 Å². The summed E-state index contributed by atoms with van der Waals surface area (Å²) in [5, 5.41) is 9.51. The molecule has 1 saturated heterocycles. The number of methoxy groups -OCH3 is 1. The highest BCUT2D eigenvalue weighted by atomic mass is 32.1. The molecule has 1 fully saturated rings. The summed E-state index contributed by atoms with van der Waals surface area (Å²) in [6, 6.07) is 19.2. The summed E-state index contributed by atoms with van der Waals surface area (Å²) < 4.78 is 23.5. The Morgan fingerprint density at radius 1 is 1.00 bits per heavy atom. The van der Waals surface area contributed by atoms with Crippen LogP contribution in [-0.4, -0.2) is 62.4 Å². The van der Waals surface area contributed by atoms with E-state index in [1.54, 1.807) is 13.3 Å². The SMILES string of the molecule is COc1cc2c(Oc3ccc4cc(NC(=O)c5ccsc5)ccc4c3)ccnc2cc1OCCCN1CCOCC1. The van der Waals surface area contributed by atoms with Crippen molar-refractivity contribution in [2.24, 2.45) is 0 Å². The van der Waals surface area contributed by atoms with Crippen LogP contribution in [0, 0.1) is 0 Å². The zero-order chi connectivity index (χ0) is 28.0. The molecule has 3 heterocycles. The molecule has 0 atom stereocenters. The van der Waals surface area contributed by atoms with Crippen LogP contribution < -0.4 is 19.5 Å². The number of nitrogens with one attached hydrogen (secondary N) is 1. The number of fused-ring (bicyclic) bond motifs is 2. The van der Waals surface area contributed by atoms with Crippen LogP contribution in [-0.2, 0) is 4.74 Å². The number of morpholine rings is 1. The number of pyridine rings is 1. The number of hydrogen-bond donors (Lipinski definition) is 1. The van der Waals surface area contributed by atoms with Gasteiger partial charge in [-0.3, -0.25) is 14.7 Å². The number of benzene rings is 3. The highest BCUT2D eigenvalue weighted by Gasteiger charge is 2.14. The molecule has 0 unspecified atom stereocenters. The highest BCUT2D eigenvalue weighted by Crippen LogP contribution is 2.37. The molecule has 0 aliphatic carbocycles. The van der Waals surface area contributed by atoms with Gasteiger partial charge in [-0.1, -0.05) is 12.1 Å². The minimum atomic E-state index is -0.118. The number of nitrogens with zero attached hydrogens (tertiary/aromatic N) is 2. The summed E-state index contributed by atoms with van der Waals surface area (Å²) in [6.07, 6.45) is 2.65. The Balaban J connectivity index is 1.15. The average molecular weight is 570 g/mol. The van der Waals surface area contributed by atoms with Crippen molar-refractivity contribution in [3.05, 3.63) is 83.2 Å². The second kappa shape index (κ2) is 12.6. The maximum Gasteiger partial charge on any atom is 0.256 e. The molecule has 0 saturated carbocycles. The number of carbonyl (C=O) groups excluding carboxylic acids is 1. The number of aromatic nitrogens is 1. The van der Waals surface area contributed by atoms with Gasteiger partial charge in [0.15, 0.2) is 11.5 Å². The maximum atomic E-state index is 12.4. The Labute approximate surface area is 242 Å². The molecule has 210 valence electrons. The van der Waals surface area contributed by atoms with Gasteiger partial charge < -0.3 is 24.3 Å². The predicted molar refractivity (Wildman–Crippen MR) is 162 cm³/mol. The van der Waals surface area contributed by atoms with E-state index >= 15 is 0 Å². The number of rotatable bonds is 10. The van der Waals surface area contributed by atoms with Crippen LogP contribution in [0.25, 0.3) is 21.7 Å². The van der Waals surface area contributed by atoms with Gasteiger partial charge in [-0.2, -0.15) is 11.3 Å². The van der Waals surface area contributed by atoms with Gasteiger partial charge in [0, 0.05) is 48.4 Å². The van der Waals surface area contributed by atoms with E-state index in [1.807, 2.05) is 71.4 Å². The van der Waals surface area contributed by atoms with Crippen molar-refractivity contribution >= 4 is 44.6 Å². The second-order valence-electron chi connectivity index (χ2n) is 9.78. The first-order valence-electron chi connectivity index (χ1n) is 13.6. The summed E-state index contributed by atoms with van der Waals surface area (Å²) in [6.45, 7) is 5.10. The standard InChI is InChI=1S/C32H31N3O5S/c1-37-30-19-27-28(20-31(30)39-13-2-10-35-11-14-38-15-12-35)33-9-7-29(27)40-26-6-4-22-17-25(5-3-23(22)18-26)34-32(36)24-8-16-41-21-24/h3-9,16-21H,2,10-15H2,1H3,(H,34,36). The largest absolute Gasteiger partial charge is 0.493 e. The van der Waals surface area contributed by atoms with Crippen LogP contribution in [0.4, 0.5) is 5.69 Å². The van der Waals surface area contributed by atoms with Crippen LogP contribution in [0.3, 0.4) is 0 Å². The molecular weight excluding hydrogens is 538 g/mol. The molecule has 0 radical (unpaired) electrons. The lowest BCUT2D eigenvalue weighted by atomic mass is 10.1. The Kier molecular flexibility index (Phi) is 8.27. The van der Waals surface area contributed by atoms with Crippen LogP contribution >= 0.6 is 11.3 Å². The molecule has 0 bridgehead atoms. The smallest absolute Gasteiger partial charge is 0.256 e. The average Bonchev–Trinajstić information content (AvgIpc) is 3.55. The molecule has 8 nitrogen and oxygen atoms in total. The summed E-state index contributed by atoms with van der Waals surface area (Å²) >= 11 is 1.50. The Hall–Kier alpha value is -4.18. The zero-order valence-corrected chi connectivity index (χ0v) is 23.6. The first kappa shape index (κ1) is 27.0. The van der Waals surface area contributed by atoms with E-state index in [0.29, 0.717) is 35.2 Å². The Morgan fingerprint density at radius 3 is 2.68 bits per heavy atom. The normalized spacial score (nSPS) is 13.8. The first-order chi connectivity index (χ1) is 20.2. The summed E-state index contributed by atoms with van der Waals surface area (Å²) in [4.78, 5) is 19.4. The van der Waals surface area contributed by atoms with Gasteiger partial charge in [0.25, 0.3) is 5.91 Å². The molecule has 0 spiro atoms. The zero-order valence-electron chi connectivity index (χ0n) is 22.8. The van der Waals surface area contributed by atoms with E-state index < -0.39 is 0 Å². The lowest BCUT2D eigenvalue weighted by Gasteiger charge is -2.26. The fraction of sp³-hybridized carbons (Fsp3) is 0.250. The topological polar surface area (TPSA) is 82.2 Å². The molecule has 1 aliphatic heterocycles. The van der Waals surface area contributed by atoms with Gasteiger partial charge in [-0.25, -0.2) is 0 Å². The monoisotopic (exact) mass is 569 g/mol. The maximum absolute atomic E-state index is 12.4. The molecule has 1 N–H and O–H groups in total. The number of anilines is 1. The van der Waals surface area contributed by atoms with E-state index in [4.69, 9.17) is 18.9 Å². The fourth-order valence-corrected chi connectivity index (χ4v) is 5.51. The van der Waals surface area contributed by atoms with E-state index in [-0.39, 0.29) is 5.91 Å². The molecule has 41 heavy (non-hydrogen) atoms. The van der Waals surface area contributed by atoms with Crippen molar-refractivity contribution in [1.82, 2.24) is 9.88 Å². The van der Waals surface area contributed by atoms with Gasteiger partial charge in [0.1, 0.15) is 11.5 Å². The summed E-state index contributed by atoms with van der Waals surface area (Å²) in [7, 11) is 1.64. The summed E-state index contributed by atoms with van der Waals surface area (Å²) in [5.41, 5.74) is 2.16. The number of ether oxygens (including phenoxy) is 4. The third kappa shape index (κ3) is 6.43. The molecule has 5 aromatic rings. The quantitative estimate of drug-likeness (QED) is 0.190. The lowest BCUT2D eigenvalue weighted by Crippen LogP contribution is -2.37. The van der Waals surface area contributed by atoms with Crippen LogP contribution in [0.1, 0.15) is 16.8 Å². The Morgan fingerprint density at radius 2 is 1.85 bits per heavy atom. The third-order valence-electron chi connectivity index (χ3n) is 7.05. The minimum Gasteiger partial charge on any atom is -0.493 e. The molecule has 6 rings (SSSR count). The van der Waals surface area contributed by atoms with Gasteiger partial charge in [0.2, 0.25) is 0 Å². The predicted octanol–water partition coefficient (Wildman–Crippen LogP) is 6.60. The minimum absolute atomic E-state index is 0.118. The summed E-state index contributed by atoms with van der Waals surface area (Å²) in [5.74, 6) is 2.55. The molecule has 3 aromatic carbocycles. The third-order valence-corrected chi connectivity index (χ3v) is 7.73. The van der Waals surface area contributed by atoms with Crippen molar-refractivity contribution in [2.45, 2.75) is 6.42 Å². The van der Waals surface area contributed by atoms with Crippen molar-refractivity contribution in [3.8, 4) is 23.0 Å². The first-order valence-corrected chi connectivity index (χ1v) is 14.6. The van der Waals surface area contributed by atoms with Gasteiger partial charge >= 0.3 is 0 Å². The number of carbonyl (C=O) groups is 1. The van der Waals surface area contributed by atoms with Gasteiger partial charge in [0.05, 0.1) is 38.0 Å². The highest BCUT2D eigenvalue weighted by molar-refractivity contribution is 7.08. The van der Waals surface area contributed by atoms with Gasteiger partial charge in [-0.05, 0) is 65.0 Å². The second-order valence-corrected chi connectivity index (χ2v) is 10.6. The van der Waals surface area contributed by atoms with Gasteiger partial charge in [-0.15, -0.1) is 0 Å². The van der Waals surface area contributed by atoms with Crippen molar-refractivity contribution in [2.75, 3.05) is 51.9 Å². The Bertz CT molecular complexity index is 1650. The molecule has 1 amide bonds. The van der Waals surface area contributed by atoms with E-state index in [0.717, 1.165) is 66.6 Å². The molecule has 2 aromatic heterocycles. The van der Waals surface area contributed by atoms with Crippen LogP contribution in [0.2, 0.25) is 0 Å². The lowest BCUT2D eigenvalue weighted by molar-refractivity contribution is 0.0357. The molecule has 9 heteroatoms. The van der Waals surface area contributed by atoms with E-state index in [1.165, 1.54) is 11.3 Å². The van der Waals surface area contributed by atoms with Crippen LogP contribution in [0.5, 0.6) is 23.0 Å².